The second-order valence-corrected chi connectivity index (χ2v) is 6.63. The van der Waals surface area contributed by atoms with E-state index in [1.807, 2.05) is 0 Å². The van der Waals surface area contributed by atoms with Gasteiger partial charge >= 0.3 is 6.18 Å². The van der Waals surface area contributed by atoms with Gasteiger partial charge in [-0.2, -0.15) is 13.2 Å². The Hall–Kier alpha value is -0.350. The zero-order valence-electron chi connectivity index (χ0n) is 12.1. The zero-order valence-corrected chi connectivity index (χ0v) is 12.1. The molecule has 0 aromatic heterocycles. The molecular formula is C13H23F5. The summed E-state index contributed by atoms with van der Waals surface area (Å²) < 4.78 is 68.2. The molecule has 0 radical (unpaired) electrons. The topological polar surface area (TPSA) is 0 Å². The van der Waals surface area contributed by atoms with Crippen molar-refractivity contribution < 1.29 is 22.0 Å². The van der Waals surface area contributed by atoms with Crippen LogP contribution in [0.25, 0.3) is 0 Å². The van der Waals surface area contributed by atoms with Crippen LogP contribution in [0.4, 0.5) is 22.0 Å². The van der Waals surface area contributed by atoms with E-state index in [0.29, 0.717) is 6.92 Å². The van der Waals surface area contributed by atoms with Gasteiger partial charge in [0.2, 0.25) is 0 Å². The van der Waals surface area contributed by atoms with Crippen molar-refractivity contribution in [2.24, 2.45) is 16.2 Å². The Bertz CT molecular complexity index is 295. The Morgan fingerprint density at radius 3 is 1.22 bits per heavy atom. The summed E-state index contributed by atoms with van der Waals surface area (Å²) >= 11 is 0. The van der Waals surface area contributed by atoms with Gasteiger partial charge in [-0.05, 0) is 18.8 Å². The maximum atomic E-state index is 14.5. The van der Waals surface area contributed by atoms with Crippen molar-refractivity contribution in [2.45, 2.75) is 67.0 Å². The second-order valence-electron chi connectivity index (χ2n) is 6.63. The quantitative estimate of drug-likeness (QED) is 0.581. The highest BCUT2D eigenvalue weighted by molar-refractivity contribution is 5.05. The molecule has 18 heavy (non-hydrogen) atoms. The van der Waals surface area contributed by atoms with Gasteiger partial charge in [-0.25, -0.2) is 8.78 Å². The average molecular weight is 274 g/mol. The summed E-state index contributed by atoms with van der Waals surface area (Å²) in [6, 6.07) is 0. The SMILES string of the molecule is CCC(C)(C(F)(F)F)C(F)(F)C(C)(C)C(C)(C)C. The van der Waals surface area contributed by atoms with Crippen molar-refractivity contribution in [3.63, 3.8) is 0 Å². The number of halogens is 5. The van der Waals surface area contributed by atoms with Crippen LogP contribution in [0.15, 0.2) is 0 Å². The first-order valence-corrected chi connectivity index (χ1v) is 6.01. The molecule has 0 nitrogen and oxygen atoms in total. The summed E-state index contributed by atoms with van der Waals surface area (Å²) in [5, 5.41) is 0. The third kappa shape index (κ3) is 2.25. The normalized spacial score (nSPS) is 18.7. The number of rotatable bonds is 3. The molecule has 0 saturated carbocycles. The van der Waals surface area contributed by atoms with Crippen molar-refractivity contribution in [1.82, 2.24) is 0 Å². The van der Waals surface area contributed by atoms with Gasteiger partial charge in [0, 0.05) is 5.41 Å². The molecule has 0 aromatic rings. The number of hydrogen-bond acceptors (Lipinski definition) is 0. The van der Waals surface area contributed by atoms with E-state index in [4.69, 9.17) is 0 Å². The van der Waals surface area contributed by atoms with Gasteiger partial charge in [0.1, 0.15) is 5.41 Å². The van der Waals surface area contributed by atoms with Crippen LogP contribution in [-0.4, -0.2) is 12.1 Å². The highest BCUT2D eigenvalue weighted by Gasteiger charge is 2.71. The van der Waals surface area contributed by atoms with Gasteiger partial charge in [0.05, 0.1) is 0 Å². The monoisotopic (exact) mass is 274 g/mol. The van der Waals surface area contributed by atoms with Gasteiger partial charge in [-0.3, -0.25) is 0 Å². The summed E-state index contributed by atoms with van der Waals surface area (Å²) in [4.78, 5) is 0. The molecule has 0 fully saturated rings. The van der Waals surface area contributed by atoms with Gasteiger partial charge < -0.3 is 0 Å². The molecule has 0 bridgehead atoms. The van der Waals surface area contributed by atoms with Crippen LogP contribution in [0, 0.1) is 16.2 Å². The number of alkyl halides is 5. The predicted molar refractivity (Wildman–Crippen MR) is 62.6 cm³/mol. The van der Waals surface area contributed by atoms with Crippen molar-refractivity contribution in [3.8, 4) is 0 Å². The second kappa shape index (κ2) is 4.34. The molecule has 0 amide bonds. The molecule has 0 heterocycles. The van der Waals surface area contributed by atoms with Crippen LogP contribution in [0.5, 0.6) is 0 Å². The minimum Gasteiger partial charge on any atom is -0.205 e. The molecule has 1 atom stereocenters. The molecule has 5 heteroatoms. The van der Waals surface area contributed by atoms with Crippen molar-refractivity contribution >= 4 is 0 Å². The van der Waals surface area contributed by atoms with E-state index >= 15 is 0 Å². The fraction of sp³-hybridized carbons (Fsp3) is 1.00. The fourth-order valence-electron chi connectivity index (χ4n) is 1.76. The maximum absolute atomic E-state index is 14.5. The lowest BCUT2D eigenvalue weighted by molar-refractivity contribution is -0.332. The molecular weight excluding hydrogens is 251 g/mol. The maximum Gasteiger partial charge on any atom is 0.399 e. The zero-order chi connectivity index (χ0) is 15.2. The van der Waals surface area contributed by atoms with Crippen LogP contribution in [0.3, 0.4) is 0 Å². The first-order valence-electron chi connectivity index (χ1n) is 6.01. The van der Waals surface area contributed by atoms with E-state index in [0.717, 1.165) is 6.92 Å². The van der Waals surface area contributed by atoms with Crippen molar-refractivity contribution in [2.75, 3.05) is 0 Å². The van der Waals surface area contributed by atoms with Crippen molar-refractivity contribution in [3.05, 3.63) is 0 Å². The predicted octanol–water partition coefficient (Wildman–Crippen LogP) is 5.67. The highest BCUT2D eigenvalue weighted by atomic mass is 19.4. The minimum absolute atomic E-state index is 0.612. The molecule has 0 aromatic carbocycles. The smallest absolute Gasteiger partial charge is 0.205 e. The molecule has 1 unspecified atom stereocenters. The van der Waals surface area contributed by atoms with Crippen LogP contribution in [0.2, 0.25) is 0 Å². The van der Waals surface area contributed by atoms with Gasteiger partial charge in [-0.1, -0.05) is 41.5 Å². The summed E-state index contributed by atoms with van der Waals surface area (Å²) in [7, 11) is 0. The third-order valence-corrected chi connectivity index (χ3v) is 4.69. The molecule has 0 N–H and O–H groups in total. The lowest BCUT2D eigenvalue weighted by atomic mass is 9.58. The van der Waals surface area contributed by atoms with Gasteiger partial charge in [0.15, 0.2) is 0 Å². The Balaban J connectivity index is 5.91. The summed E-state index contributed by atoms with van der Waals surface area (Å²) in [6.45, 7) is 8.77. The minimum atomic E-state index is -4.94. The Kier molecular flexibility index (Phi) is 4.26. The third-order valence-electron chi connectivity index (χ3n) is 4.69. The first kappa shape index (κ1) is 17.6. The number of hydrogen-bond donors (Lipinski definition) is 0. The van der Waals surface area contributed by atoms with E-state index in [-0.39, 0.29) is 0 Å². The molecule has 0 aliphatic rings. The molecule has 110 valence electrons. The standard InChI is InChI=1S/C13H23F5/c1-8-11(7,13(16,17)18)12(14,15)10(5,6)9(2,3)4/h8H2,1-7H3. The Labute approximate surface area is 106 Å². The van der Waals surface area contributed by atoms with Crippen molar-refractivity contribution in [1.29, 1.82) is 0 Å². The summed E-state index contributed by atoms with van der Waals surface area (Å²) in [6.07, 6.45) is -5.59. The van der Waals surface area contributed by atoms with E-state index in [9.17, 15) is 22.0 Å². The lowest BCUT2D eigenvalue weighted by Crippen LogP contribution is -2.60. The van der Waals surface area contributed by atoms with E-state index < -0.39 is 34.8 Å². The average Bonchev–Trinajstić information content (AvgIpc) is 2.12. The lowest BCUT2D eigenvalue weighted by Gasteiger charge is -2.52. The van der Waals surface area contributed by atoms with Gasteiger partial charge in [-0.15, -0.1) is 0 Å². The molecule has 0 aliphatic carbocycles. The Morgan fingerprint density at radius 1 is 0.722 bits per heavy atom. The van der Waals surface area contributed by atoms with Gasteiger partial charge in [0.25, 0.3) is 5.92 Å². The van der Waals surface area contributed by atoms with Crippen LogP contribution in [0.1, 0.15) is 54.9 Å². The molecule has 0 saturated heterocycles. The van der Waals surface area contributed by atoms with Crippen LogP contribution < -0.4 is 0 Å². The first-order chi connectivity index (χ1) is 7.56. The summed E-state index contributed by atoms with van der Waals surface area (Å²) in [5.74, 6) is -3.86. The highest BCUT2D eigenvalue weighted by Crippen LogP contribution is 2.62. The van der Waals surface area contributed by atoms with E-state index in [1.165, 1.54) is 34.6 Å². The molecule has 0 rings (SSSR count). The van der Waals surface area contributed by atoms with E-state index in [1.54, 1.807) is 0 Å². The Morgan fingerprint density at radius 2 is 1.06 bits per heavy atom. The largest absolute Gasteiger partial charge is 0.399 e. The molecule has 0 spiro atoms. The fourth-order valence-corrected chi connectivity index (χ4v) is 1.76. The summed E-state index contributed by atoms with van der Waals surface area (Å²) in [5.41, 5.74) is -5.74. The van der Waals surface area contributed by atoms with E-state index in [2.05, 4.69) is 0 Å². The molecule has 0 aliphatic heterocycles. The van der Waals surface area contributed by atoms with Crippen LogP contribution >= 0.6 is 0 Å². The van der Waals surface area contributed by atoms with Crippen LogP contribution in [-0.2, 0) is 0 Å².